The van der Waals surface area contributed by atoms with Crippen LogP contribution < -0.4 is 0 Å². The molecule has 168 valence electrons. The van der Waals surface area contributed by atoms with Crippen molar-refractivity contribution in [2.75, 3.05) is 6.54 Å². The summed E-state index contributed by atoms with van der Waals surface area (Å²) in [5.41, 5.74) is 2.76. The summed E-state index contributed by atoms with van der Waals surface area (Å²) in [6.45, 7) is 3.73. The second kappa shape index (κ2) is 8.89. The van der Waals surface area contributed by atoms with Crippen LogP contribution >= 0.6 is 11.6 Å². The SMILES string of the molecule is CC(C)N1C(=O)N(S(=O)(=O)c2ccccc2)CC1c1cccc(-c2cc(C#N)ccc2Cl)c1. The van der Waals surface area contributed by atoms with Crippen LogP contribution in [-0.2, 0) is 10.0 Å². The molecule has 0 bridgehead atoms. The number of hydrogen-bond acceptors (Lipinski definition) is 4. The van der Waals surface area contributed by atoms with Crippen LogP contribution in [0.1, 0.15) is 31.0 Å². The van der Waals surface area contributed by atoms with Crippen molar-refractivity contribution in [1.82, 2.24) is 9.21 Å². The minimum Gasteiger partial charge on any atom is -0.312 e. The summed E-state index contributed by atoms with van der Waals surface area (Å²) in [4.78, 5) is 14.9. The van der Waals surface area contributed by atoms with Crippen LogP contribution in [0, 0.1) is 11.3 Å². The maximum atomic E-state index is 13.3. The molecule has 6 nitrogen and oxygen atoms in total. The summed E-state index contributed by atoms with van der Waals surface area (Å²) < 4.78 is 27.4. The van der Waals surface area contributed by atoms with E-state index in [2.05, 4.69) is 6.07 Å². The van der Waals surface area contributed by atoms with E-state index < -0.39 is 22.1 Å². The van der Waals surface area contributed by atoms with Crippen LogP contribution in [0.5, 0.6) is 0 Å². The first kappa shape index (κ1) is 22.8. The molecule has 3 aromatic carbocycles. The van der Waals surface area contributed by atoms with Crippen molar-refractivity contribution in [2.24, 2.45) is 0 Å². The molecule has 0 aromatic heterocycles. The maximum absolute atomic E-state index is 13.3. The number of carbonyl (C=O) groups excluding carboxylic acids is 1. The maximum Gasteiger partial charge on any atom is 0.334 e. The molecule has 1 aliphatic heterocycles. The third-order valence-corrected chi connectivity index (χ3v) is 7.76. The summed E-state index contributed by atoms with van der Waals surface area (Å²) in [5, 5.41) is 9.75. The van der Waals surface area contributed by atoms with Gasteiger partial charge in [-0.15, -0.1) is 0 Å². The molecule has 1 heterocycles. The molecule has 0 radical (unpaired) electrons. The molecular weight excluding hydrogens is 458 g/mol. The van der Waals surface area contributed by atoms with Crippen LogP contribution in [0.25, 0.3) is 11.1 Å². The molecule has 1 fully saturated rings. The van der Waals surface area contributed by atoms with Gasteiger partial charge in [0.1, 0.15) is 0 Å². The number of hydrogen-bond donors (Lipinski definition) is 0. The summed E-state index contributed by atoms with van der Waals surface area (Å²) in [7, 11) is -3.99. The van der Waals surface area contributed by atoms with Gasteiger partial charge in [0.15, 0.2) is 0 Å². The smallest absolute Gasteiger partial charge is 0.312 e. The van der Waals surface area contributed by atoms with Crippen molar-refractivity contribution in [3.8, 4) is 17.2 Å². The van der Waals surface area contributed by atoms with E-state index in [1.165, 1.54) is 12.1 Å². The third-order valence-electron chi connectivity index (χ3n) is 5.67. The van der Waals surface area contributed by atoms with Crippen LogP contribution in [0.15, 0.2) is 77.7 Å². The van der Waals surface area contributed by atoms with E-state index in [1.54, 1.807) is 41.3 Å². The molecule has 0 N–H and O–H groups in total. The Kier molecular flexibility index (Phi) is 6.15. The van der Waals surface area contributed by atoms with Crippen molar-refractivity contribution in [3.63, 3.8) is 0 Å². The zero-order valence-electron chi connectivity index (χ0n) is 18.1. The highest BCUT2D eigenvalue weighted by atomic mass is 35.5. The molecule has 1 saturated heterocycles. The fraction of sp³-hybridized carbons (Fsp3) is 0.200. The number of urea groups is 1. The number of nitriles is 1. The molecule has 1 atom stereocenters. The molecule has 1 unspecified atom stereocenters. The lowest BCUT2D eigenvalue weighted by Crippen LogP contribution is -2.39. The number of halogens is 1. The minimum absolute atomic E-state index is 0.00363. The Bertz CT molecular complexity index is 1350. The van der Waals surface area contributed by atoms with Crippen molar-refractivity contribution in [1.29, 1.82) is 5.26 Å². The minimum atomic E-state index is -3.99. The first-order valence-electron chi connectivity index (χ1n) is 10.4. The lowest BCUT2D eigenvalue weighted by Gasteiger charge is -2.27. The quantitative estimate of drug-likeness (QED) is 0.487. The summed E-state index contributed by atoms with van der Waals surface area (Å²) in [5.74, 6) is 0. The van der Waals surface area contributed by atoms with E-state index in [0.717, 1.165) is 15.4 Å². The fourth-order valence-corrected chi connectivity index (χ4v) is 5.70. The van der Waals surface area contributed by atoms with Crippen LogP contribution in [0.2, 0.25) is 5.02 Å². The lowest BCUT2D eigenvalue weighted by molar-refractivity contribution is 0.181. The Morgan fingerprint density at radius 1 is 1.03 bits per heavy atom. The highest BCUT2D eigenvalue weighted by Gasteiger charge is 2.45. The molecular formula is C25H22ClN3O3S. The van der Waals surface area contributed by atoms with E-state index in [9.17, 15) is 18.5 Å². The number of amides is 2. The molecule has 0 aliphatic carbocycles. The molecule has 3 aromatic rings. The average Bonchev–Trinajstić information content (AvgIpc) is 3.18. The normalized spacial score (nSPS) is 16.3. The van der Waals surface area contributed by atoms with Gasteiger partial charge in [-0.05, 0) is 61.4 Å². The molecule has 8 heteroatoms. The molecule has 0 spiro atoms. The number of sulfonamides is 1. The number of benzene rings is 3. The summed E-state index contributed by atoms with van der Waals surface area (Å²) in [6.07, 6.45) is 0. The van der Waals surface area contributed by atoms with Crippen molar-refractivity contribution in [2.45, 2.75) is 30.8 Å². The van der Waals surface area contributed by atoms with Gasteiger partial charge in [-0.2, -0.15) is 5.26 Å². The van der Waals surface area contributed by atoms with E-state index >= 15 is 0 Å². The second-order valence-electron chi connectivity index (χ2n) is 8.08. The molecule has 0 saturated carbocycles. The Labute approximate surface area is 198 Å². The van der Waals surface area contributed by atoms with Gasteiger partial charge in [-0.25, -0.2) is 17.5 Å². The molecule has 4 rings (SSSR count). The van der Waals surface area contributed by atoms with Gasteiger partial charge in [-0.3, -0.25) is 0 Å². The standard InChI is InChI=1S/C25H22ClN3O3S/c1-17(2)29-24(16-28(25(29)30)33(31,32)21-9-4-3-5-10-21)20-8-6-7-19(14-20)22-13-18(15-27)11-12-23(22)26/h3-14,17,24H,16H2,1-2H3. The lowest BCUT2D eigenvalue weighted by atomic mass is 9.97. The zero-order chi connectivity index (χ0) is 23.8. The zero-order valence-corrected chi connectivity index (χ0v) is 19.7. The van der Waals surface area contributed by atoms with Crippen LogP contribution in [-0.4, -0.2) is 36.2 Å². The molecule has 33 heavy (non-hydrogen) atoms. The predicted octanol–water partition coefficient (Wildman–Crippen LogP) is 5.45. The average molecular weight is 480 g/mol. The Morgan fingerprint density at radius 3 is 2.42 bits per heavy atom. The van der Waals surface area contributed by atoms with Crippen LogP contribution in [0.3, 0.4) is 0 Å². The van der Waals surface area contributed by atoms with Gasteiger partial charge < -0.3 is 4.90 Å². The highest BCUT2D eigenvalue weighted by Crippen LogP contribution is 2.37. The Balaban J connectivity index is 1.75. The van der Waals surface area contributed by atoms with Crippen molar-refractivity contribution >= 4 is 27.7 Å². The first-order valence-corrected chi connectivity index (χ1v) is 12.3. The van der Waals surface area contributed by atoms with Gasteiger partial charge in [-0.1, -0.05) is 48.0 Å². The predicted molar refractivity (Wildman–Crippen MR) is 127 cm³/mol. The van der Waals surface area contributed by atoms with E-state index in [-0.39, 0.29) is 17.5 Å². The van der Waals surface area contributed by atoms with Crippen LogP contribution in [0.4, 0.5) is 4.79 Å². The van der Waals surface area contributed by atoms with Crippen molar-refractivity contribution < 1.29 is 13.2 Å². The fourth-order valence-electron chi connectivity index (χ4n) is 4.08. The Hall–Kier alpha value is -3.34. The van der Waals surface area contributed by atoms with Gasteiger partial charge in [0.25, 0.3) is 10.0 Å². The van der Waals surface area contributed by atoms with E-state index in [1.807, 2.05) is 38.1 Å². The Morgan fingerprint density at radius 2 is 1.76 bits per heavy atom. The highest BCUT2D eigenvalue weighted by molar-refractivity contribution is 7.89. The number of carbonyl (C=O) groups is 1. The largest absolute Gasteiger partial charge is 0.334 e. The van der Waals surface area contributed by atoms with Gasteiger partial charge in [0.05, 0.1) is 29.1 Å². The van der Waals surface area contributed by atoms with Gasteiger partial charge in [0.2, 0.25) is 0 Å². The van der Waals surface area contributed by atoms with Gasteiger partial charge in [0, 0.05) is 16.6 Å². The number of nitrogens with zero attached hydrogens (tertiary/aromatic N) is 3. The topological polar surface area (TPSA) is 81.5 Å². The summed E-state index contributed by atoms with van der Waals surface area (Å²) >= 11 is 6.39. The third kappa shape index (κ3) is 4.20. The van der Waals surface area contributed by atoms with E-state index in [0.29, 0.717) is 16.1 Å². The van der Waals surface area contributed by atoms with E-state index in [4.69, 9.17) is 11.6 Å². The summed E-state index contributed by atoms with van der Waals surface area (Å²) in [6, 6.07) is 21.4. The second-order valence-corrected chi connectivity index (χ2v) is 10.3. The molecule has 2 amide bonds. The van der Waals surface area contributed by atoms with Gasteiger partial charge >= 0.3 is 6.03 Å². The van der Waals surface area contributed by atoms with Crippen molar-refractivity contribution in [3.05, 3.63) is 88.9 Å². The number of rotatable bonds is 5. The monoisotopic (exact) mass is 479 g/mol. The first-order chi connectivity index (χ1) is 15.7. The molecule has 1 aliphatic rings.